The molecule has 1 aliphatic heterocycles. The summed E-state index contributed by atoms with van der Waals surface area (Å²) in [5.74, 6) is 0. The summed E-state index contributed by atoms with van der Waals surface area (Å²) in [6.07, 6.45) is 9.70. The summed E-state index contributed by atoms with van der Waals surface area (Å²) >= 11 is 0.752. The molecule has 2 nitrogen and oxygen atoms in total. The van der Waals surface area contributed by atoms with E-state index in [1.54, 1.807) is 0 Å². The summed E-state index contributed by atoms with van der Waals surface area (Å²) in [7, 11) is 0. The maximum absolute atomic E-state index is 4.37. The van der Waals surface area contributed by atoms with E-state index < -0.39 is 0 Å². The molecule has 14 heavy (non-hydrogen) atoms. The first-order valence-corrected chi connectivity index (χ1v) is 9.43. The number of hydrazone groups is 1. The van der Waals surface area contributed by atoms with Crippen molar-refractivity contribution in [3.63, 3.8) is 0 Å². The van der Waals surface area contributed by atoms with E-state index in [9.17, 15) is 0 Å². The molecule has 0 amide bonds. The number of nitrogens with zero attached hydrogens (tertiary/aromatic N) is 1. The van der Waals surface area contributed by atoms with Crippen molar-refractivity contribution in [2.45, 2.75) is 55.5 Å². The molecule has 0 aliphatic carbocycles. The first-order valence-electron chi connectivity index (χ1n) is 6.14. The van der Waals surface area contributed by atoms with Gasteiger partial charge in [-0.25, -0.2) is 0 Å². The zero-order valence-electron chi connectivity index (χ0n) is 9.68. The molecule has 1 N–H and O–H groups in total. The van der Waals surface area contributed by atoms with Crippen LogP contribution in [0, 0.1) is 0 Å². The minimum atomic E-state index is 0.752. The molecule has 0 radical (unpaired) electrons. The van der Waals surface area contributed by atoms with Crippen LogP contribution in [0.5, 0.6) is 0 Å². The molecular weight excluding hydrogens is 275 g/mol. The van der Waals surface area contributed by atoms with E-state index in [1.165, 1.54) is 50.7 Å². The van der Waals surface area contributed by atoms with Gasteiger partial charge in [0.1, 0.15) is 0 Å². The van der Waals surface area contributed by atoms with Gasteiger partial charge in [-0.1, -0.05) is 0 Å². The molecule has 3 heteroatoms. The van der Waals surface area contributed by atoms with Gasteiger partial charge in [0, 0.05) is 0 Å². The second kappa shape index (κ2) is 7.61. The van der Waals surface area contributed by atoms with E-state index >= 15 is 0 Å². The average Bonchev–Trinajstić information content (AvgIpc) is 2.70. The van der Waals surface area contributed by atoms with Gasteiger partial charge in [0.25, 0.3) is 0 Å². The Bertz CT molecular complexity index is 180. The van der Waals surface area contributed by atoms with Crippen molar-refractivity contribution in [3.05, 3.63) is 0 Å². The molecular formula is C11H23InN2. The van der Waals surface area contributed by atoms with Crippen LogP contribution in [0.1, 0.15) is 51.9 Å². The molecule has 1 unspecified atom stereocenters. The Hall–Kier alpha value is 0.340. The summed E-state index contributed by atoms with van der Waals surface area (Å²) in [6, 6.07) is 0. The van der Waals surface area contributed by atoms with Crippen molar-refractivity contribution in [2.24, 2.45) is 5.10 Å². The van der Waals surface area contributed by atoms with Crippen molar-refractivity contribution in [3.8, 4) is 0 Å². The molecule has 1 heterocycles. The first-order chi connectivity index (χ1) is 6.84. The number of unbranched alkanes of at least 4 members (excludes halogenated alkanes) is 4. The predicted octanol–water partition coefficient (Wildman–Crippen LogP) is 2.12. The number of hydrogen-bond acceptors (Lipinski definition) is 2. The van der Waals surface area contributed by atoms with Crippen molar-refractivity contribution in [1.82, 2.24) is 5.43 Å². The topological polar surface area (TPSA) is 24.4 Å². The van der Waals surface area contributed by atoms with Crippen LogP contribution in [-0.4, -0.2) is 36.6 Å². The molecule has 0 bridgehead atoms. The Morgan fingerprint density at radius 3 is 2.79 bits per heavy atom. The molecule has 1 rings (SSSR count). The van der Waals surface area contributed by atoms with Gasteiger partial charge in [0.2, 0.25) is 0 Å². The molecule has 0 spiro atoms. The Balaban J connectivity index is 2.00. The number of rotatable bonds is 7. The van der Waals surface area contributed by atoms with Crippen LogP contribution in [0.3, 0.4) is 0 Å². The van der Waals surface area contributed by atoms with Crippen LogP contribution in [0.4, 0.5) is 0 Å². The minimum absolute atomic E-state index is 0.752. The second-order valence-electron chi connectivity index (χ2n) is 4.37. The molecule has 0 aromatic heterocycles. The average molecular weight is 298 g/mol. The molecule has 0 fully saturated rings. The summed E-state index contributed by atoms with van der Waals surface area (Å²) < 4.78 is 0.911. The fourth-order valence-electron chi connectivity index (χ4n) is 1.97. The van der Waals surface area contributed by atoms with E-state index in [4.69, 9.17) is 0 Å². The summed E-state index contributed by atoms with van der Waals surface area (Å²) in [5, 5.41) is 4.37. The monoisotopic (exact) mass is 298 g/mol. The van der Waals surface area contributed by atoms with Crippen LogP contribution in [-0.2, 0) is 0 Å². The third-order valence-corrected chi connectivity index (χ3v) is 6.58. The Morgan fingerprint density at radius 1 is 1.36 bits per heavy atom. The zero-order valence-corrected chi connectivity index (χ0v) is 15.4. The summed E-state index contributed by atoms with van der Waals surface area (Å²) in [5.41, 5.74) is 4.57. The van der Waals surface area contributed by atoms with Crippen LogP contribution in [0.2, 0.25) is 3.67 Å². The first kappa shape index (κ1) is 12.4. The molecule has 80 valence electrons. The van der Waals surface area contributed by atoms with Crippen LogP contribution in [0.15, 0.2) is 5.10 Å². The van der Waals surface area contributed by atoms with E-state index in [1.807, 2.05) is 0 Å². The quantitative estimate of drug-likeness (QED) is 0.715. The van der Waals surface area contributed by atoms with Gasteiger partial charge < -0.3 is 0 Å². The standard InChI is InChI=1S/C11H21N2.In.2H/c1-2-3-4-5-6-7-8-11-9-10-12-13-11;;;/h8,12H,2-7,9-10H2,1H3;;;. The van der Waals surface area contributed by atoms with Gasteiger partial charge in [-0.15, -0.1) is 0 Å². The van der Waals surface area contributed by atoms with Crippen molar-refractivity contribution in [2.75, 3.05) is 6.54 Å². The summed E-state index contributed by atoms with van der Waals surface area (Å²) in [6.45, 7) is 3.36. The fourth-order valence-corrected chi connectivity index (χ4v) is 4.33. The van der Waals surface area contributed by atoms with E-state index in [2.05, 4.69) is 17.5 Å². The SMILES string of the molecule is CCCCCCC[CH]([InH2])C1=NNCC1. The van der Waals surface area contributed by atoms with Crippen LogP contribution < -0.4 is 5.43 Å². The van der Waals surface area contributed by atoms with Crippen LogP contribution >= 0.6 is 0 Å². The fraction of sp³-hybridized carbons (Fsp3) is 0.909. The predicted molar refractivity (Wildman–Crippen MR) is 65.7 cm³/mol. The van der Waals surface area contributed by atoms with E-state index in [0.717, 1.165) is 34.6 Å². The molecule has 1 atom stereocenters. The van der Waals surface area contributed by atoms with Crippen molar-refractivity contribution in [1.29, 1.82) is 0 Å². The third kappa shape index (κ3) is 4.72. The normalized spacial score (nSPS) is 17.6. The Morgan fingerprint density at radius 2 is 2.14 bits per heavy atom. The molecule has 1 aliphatic rings. The van der Waals surface area contributed by atoms with Gasteiger partial charge in [-0.3, -0.25) is 0 Å². The van der Waals surface area contributed by atoms with Gasteiger partial charge in [-0.2, -0.15) is 0 Å². The van der Waals surface area contributed by atoms with Gasteiger partial charge >= 0.3 is 103 Å². The van der Waals surface area contributed by atoms with Gasteiger partial charge in [0.05, 0.1) is 0 Å². The third-order valence-electron chi connectivity index (χ3n) is 3.03. The zero-order chi connectivity index (χ0) is 10.2. The molecule has 0 aromatic carbocycles. The number of nitrogens with one attached hydrogen (secondary N) is 1. The van der Waals surface area contributed by atoms with Gasteiger partial charge in [0.15, 0.2) is 0 Å². The molecule has 0 saturated carbocycles. The van der Waals surface area contributed by atoms with Crippen molar-refractivity contribution >= 4 is 30.1 Å². The van der Waals surface area contributed by atoms with E-state index in [0.29, 0.717) is 0 Å². The molecule has 0 saturated heterocycles. The Kier molecular flexibility index (Phi) is 6.74. The number of hydrogen-bond donors (Lipinski definition) is 1. The van der Waals surface area contributed by atoms with Crippen molar-refractivity contribution < 1.29 is 0 Å². The van der Waals surface area contributed by atoms with Crippen LogP contribution in [0.25, 0.3) is 0 Å². The summed E-state index contributed by atoms with van der Waals surface area (Å²) in [4.78, 5) is 0. The maximum atomic E-state index is 4.37. The van der Waals surface area contributed by atoms with Gasteiger partial charge in [-0.05, 0) is 0 Å². The Labute approximate surface area is 102 Å². The van der Waals surface area contributed by atoms with E-state index in [-0.39, 0.29) is 0 Å². The second-order valence-corrected chi connectivity index (χ2v) is 8.34. The molecule has 0 aromatic rings.